The normalized spacial score (nSPS) is 10.6. The maximum absolute atomic E-state index is 11.8. The molecule has 1 amide bonds. The number of aromatic nitrogens is 2. The molecule has 2 aromatic heterocycles. The van der Waals surface area contributed by atoms with Crippen molar-refractivity contribution < 1.29 is 9.21 Å². The number of carbonyl (C=O) groups is 1. The van der Waals surface area contributed by atoms with Gasteiger partial charge in [0.05, 0.1) is 30.5 Å². The monoisotopic (exact) mass is 328 g/mol. The highest BCUT2D eigenvalue weighted by molar-refractivity contribution is 7.99. The first-order valence-electron chi connectivity index (χ1n) is 7.04. The number of nitrogens with two attached hydrogens (primary N) is 1. The maximum Gasteiger partial charge on any atom is 0.230 e. The number of rotatable bonds is 6. The number of carbonyl (C=O) groups excluding carboxylic acids is 1. The first-order chi connectivity index (χ1) is 11.2. The van der Waals surface area contributed by atoms with Gasteiger partial charge < -0.3 is 15.6 Å². The van der Waals surface area contributed by atoms with E-state index in [9.17, 15) is 4.79 Å². The van der Waals surface area contributed by atoms with Crippen LogP contribution in [0.25, 0.3) is 11.3 Å². The van der Waals surface area contributed by atoms with Crippen molar-refractivity contribution in [1.29, 1.82) is 0 Å². The number of imidazole rings is 1. The minimum atomic E-state index is -0.101. The smallest absolute Gasteiger partial charge is 0.230 e. The van der Waals surface area contributed by atoms with Crippen LogP contribution in [0.15, 0.2) is 64.5 Å². The van der Waals surface area contributed by atoms with Crippen LogP contribution < -0.4 is 11.2 Å². The van der Waals surface area contributed by atoms with Crippen molar-refractivity contribution in [2.75, 3.05) is 11.6 Å². The third kappa shape index (κ3) is 3.95. The minimum absolute atomic E-state index is 0.101. The molecular formula is C16H16N4O2S. The van der Waals surface area contributed by atoms with Crippen LogP contribution in [-0.4, -0.2) is 21.3 Å². The quantitative estimate of drug-likeness (QED) is 0.535. The number of nitrogen functional groups attached to an aromatic ring is 1. The van der Waals surface area contributed by atoms with E-state index >= 15 is 0 Å². The lowest BCUT2D eigenvalue weighted by Gasteiger charge is -2.03. The Labute approximate surface area is 137 Å². The van der Waals surface area contributed by atoms with Crippen molar-refractivity contribution in [3.05, 3.63) is 60.7 Å². The van der Waals surface area contributed by atoms with Gasteiger partial charge in [-0.3, -0.25) is 4.79 Å². The zero-order valence-corrected chi connectivity index (χ0v) is 13.1. The average Bonchev–Trinajstić information content (AvgIpc) is 3.21. The molecule has 6 nitrogen and oxygen atoms in total. The molecular weight excluding hydrogens is 312 g/mol. The molecule has 0 aliphatic carbocycles. The highest BCUT2D eigenvalue weighted by Gasteiger charge is 2.11. The lowest BCUT2D eigenvalue weighted by molar-refractivity contribution is -0.118. The molecule has 23 heavy (non-hydrogen) atoms. The van der Waals surface area contributed by atoms with Gasteiger partial charge in [-0.1, -0.05) is 42.1 Å². The first kappa shape index (κ1) is 15.2. The summed E-state index contributed by atoms with van der Waals surface area (Å²) in [4.78, 5) is 16.3. The summed E-state index contributed by atoms with van der Waals surface area (Å²) in [6, 6.07) is 13.4. The van der Waals surface area contributed by atoms with Gasteiger partial charge in [-0.05, 0) is 12.1 Å². The molecule has 0 unspecified atom stereocenters. The van der Waals surface area contributed by atoms with Crippen molar-refractivity contribution >= 4 is 17.7 Å². The van der Waals surface area contributed by atoms with Gasteiger partial charge in [-0.25, -0.2) is 9.66 Å². The molecule has 1 aromatic carbocycles. The predicted molar refractivity (Wildman–Crippen MR) is 89.1 cm³/mol. The summed E-state index contributed by atoms with van der Waals surface area (Å²) in [6.45, 7) is 0.374. The zero-order chi connectivity index (χ0) is 16.1. The van der Waals surface area contributed by atoms with E-state index in [1.165, 1.54) is 16.4 Å². The molecule has 0 saturated heterocycles. The van der Waals surface area contributed by atoms with Gasteiger partial charge in [0.1, 0.15) is 5.76 Å². The number of amides is 1. The van der Waals surface area contributed by atoms with Crippen molar-refractivity contribution in [3.8, 4) is 11.3 Å². The van der Waals surface area contributed by atoms with E-state index in [2.05, 4.69) is 10.3 Å². The number of nitrogens with one attached hydrogen (secondary N) is 1. The van der Waals surface area contributed by atoms with Crippen LogP contribution in [0.1, 0.15) is 5.76 Å². The second kappa shape index (κ2) is 7.06. The van der Waals surface area contributed by atoms with E-state index in [-0.39, 0.29) is 11.7 Å². The average molecular weight is 328 g/mol. The van der Waals surface area contributed by atoms with E-state index in [1.807, 2.05) is 36.4 Å². The summed E-state index contributed by atoms with van der Waals surface area (Å²) in [5, 5.41) is 3.38. The van der Waals surface area contributed by atoms with E-state index < -0.39 is 0 Å². The number of benzene rings is 1. The number of hydrogen-bond donors (Lipinski definition) is 2. The standard InChI is InChI=1S/C16H16N4O2S/c17-20-10-14(12-5-2-1-3-6-12)19-16(20)23-11-15(21)18-9-13-7-4-8-22-13/h1-8,10H,9,11,17H2,(H,18,21). The van der Waals surface area contributed by atoms with Crippen molar-refractivity contribution in [2.45, 2.75) is 11.7 Å². The Hall–Kier alpha value is -2.67. The summed E-state index contributed by atoms with van der Waals surface area (Å²) in [6.07, 6.45) is 3.32. The minimum Gasteiger partial charge on any atom is -0.467 e. The molecule has 0 spiro atoms. The van der Waals surface area contributed by atoms with Gasteiger partial charge in [0.25, 0.3) is 0 Å². The van der Waals surface area contributed by atoms with Gasteiger partial charge in [-0.2, -0.15) is 0 Å². The summed E-state index contributed by atoms with van der Waals surface area (Å²) < 4.78 is 6.60. The third-order valence-corrected chi connectivity index (χ3v) is 4.11. The molecule has 0 radical (unpaired) electrons. The molecule has 0 bridgehead atoms. The second-order valence-corrected chi connectivity index (χ2v) is 5.77. The van der Waals surface area contributed by atoms with Crippen LogP contribution in [-0.2, 0) is 11.3 Å². The first-order valence-corrected chi connectivity index (χ1v) is 8.02. The summed E-state index contributed by atoms with van der Waals surface area (Å²) in [5.74, 6) is 6.76. The Kier molecular flexibility index (Phi) is 4.68. The van der Waals surface area contributed by atoms with Crippen LogP contribution in [0.3, 0.4) is 0 Å². The molecule has 118 valence electrons. The molecule has 0 aliphatic rings. The van der Waals surface area contributed by atoms with Gasteiger partial charge >= 0.3 is 0 Å². The Bertz CT molecular complexity index is 769. The number of nitrogens with zero attached hydrogens (tertiary/aromatic N) is 2. The molecule has 0 saturated carbocycles. The maximum atomic E-state index is 11.8. The van der Waals surface area contributed by atoms with Gasteiger partial charge in [-0.15, -0.1) is 0 Å². The van der Waals surface area contributed by atoms with E-state index in [0.717, 1.165) is 17.0 Å². The molecule has 3 N–H and O–H groups in total. The Morgan fingerprint density at radius 1 is 1.26 bits per heavy atom. The van der Waals surface area contributed by atoms with E-state index in [0.29, 0.717) is 11.7 Å². The Morgan fingerprint density at radius 3 is 2.83 bits per heavy atom. The van der Waals surface area contributed by atoms with Gasteiger partial charge in [0.15, 0.2) is 5.16 Å². The Balaban J connectivity index is 1.56. The molecule has 0 atom stereocenters. The zero-order valence-electron chi connectivity index (χ0n) is 12.3. The SMILES string of the molecule is Nn1cc(-c2ccccc2)nc1SCC(=O)NCc1ccco1. The number of hydrogen-bond acceptors (Lipinski definition) is 5. The van der Waals surface area contributed by atoms with Gasteiger partial charge in [0.2, 0.25) is 5.91 Å². The topological polar surface area (TPSA) is 86.1 Å². The fourth-order valence-electron chi connectivity index (χ4n) is 2.01. The Morgan fingerprint density at radius 2 is 2.09 bits per heavy atom. The van der Waals surface area contributed by atoms with E-state index in [4.69, 9.17) is 10.3 Å². The lowest BCUT2D eigenvalue weighted by Crippen LogP contribution is -2.24. The van der Waals surface area contributed by atoms with Crippen molar-refractivity contribution in [1.82, 2.24) is 15.0 Å². The van der Waals surface area contributed by atoms with Crippen LogP contribution in [0.4, 0.5) is 0 Å². The van der Waals surface area contributed by atoms with E-state index in [1.54, 1.807) is 18.5 Å². The lowest BCUT2D eigenvalue weighted by atomic mass is 10.2. The molecule has 0 aliphatic heterocycles. The largest absolute Gasteiger partial charge is 0.467 e. The summed E-state index contributed by atoms with van der Waals surface area (Å²) in [5.41, 5.74) is 1.77. The van der Waals surface area contributed by atoms with Crippen molar-refractivity contribution in [3.63, 3.8) is 0 Å². The molecule has 2 heterocycles. The summed E-state index contributed by atoms with van der Waals surface area (Å²) >= 11 is 1.29. The van der Waals surface area contributed by atoms with Crippen LogP contribution in [0.2, 0.25) is 0 Å². The van der Waals surface area contributed by atoms with Gasteiger partial charge in [0, 0.05) is 5.56 Å². The predicted octanol–water partition coefficient (Wildman–Crippen LogP) is 2.27. The number of furan rings is 1. The second-order valence-electron chi connectivity index (χ2n) is 4.83. The van der Waals surface area contributed by atoms with Crippen LogP contribution >= 0.6 is 11.8 Å². The van der Waals surface area contributed by atoms with Crippen LogP contribution in [0.5, 0.6) is 0 Å². The third-order valence-electron chi connectivity index (χ3n) is 3.14. The van der Waals surface area contributed by atoms with Crippen LogP contribution in [0, 0.1) is 0 Å². The molecule has 3 aromatic rings. The molecule has 3 rings (SSSR count). The number of thioether (sulfide) groups is 1. The van der Waals surface area contributed by atoms with Crippen molar-refractivity contribution in [2.24, 2.45) is 0 Å². The fourth-order valence-corrected chi connectivity index (χ4v) is 2.74. The highest BCUT2D eigenvalue weighted by atomic mass is 32.2. The molecule has 0 fully saturated rings. The highest BCUT2D eigenvalue weighted by Crippen LogP contribution is 2.22. The molecule has 7 heteroatoms. The fraction of sp³-hybridized carbons (Fsp3) is 0.125. The summed E-state index contributed by atoms with van der Waals surface area (Å²) in [7, 11) is 0.